The molecule has 2 fully saturated rings. The highest BCUT2D eigenvalue weighted by Gasteiger charge is 2.38. The number of piperidine rings is 1. The van der Waals surface area contributed by atoms with Crippen LogP contribution in [0.2, 0.25) is 0 Å². The lowest BCUT2D eigenvalue weighted by atomic mass is 9.98. The van der Waals surface area contributed by atoms with E-state index in [2.05, 4.69) is 19.0 Å². The van der Waals surface area contributed by atoms with E-state index in [9.17, 15) is 9.59 Å². The number of amides is 2. The number of carbonyl (C=O) groups is 2. The van der Waals surface area contributed by atoms with Crippen molar-refractivity contribution in [2.75, 3.05) is 40.3 Å². The predicted molar refractivity (Wildman–Crippen MR) is 78.3 cm³/mol. The van der Waals surface area contributed by atoms with Crippen molar-refractivity contribution in [2.24, 2.45) is 5.92 Å². The first-order valence-corrected chi connectivity index (χ1v) is 7.76. The SMILES string of the molecule is CCN1C[C@@H](C(=O)N2CCCC[C@@H]2CN(C)C)CC1=O. The third kappa shape index (κ3) is 3.32. The first-order chi connectivity index (χ1) is 9.52. The van der Waals surface area contributed by atoms with E-state index in [0.29, 0.717) is 25.6 Å². The van der Waals surface area contributed by atoms with Gasteiger partial charge in [0.2, 0.25) is 11.8 Å². The molecule has 0 spiro atoms. The van der Waals surface area contributed by atoms with E-state index in [4.69, 9.17) is 0 Å². The maximum atomic E-state index is 12.7. The van der Waals surface area contributed by atoms with Crippen molar-refractivity contribution in [1.29, 1.82) is 0 Å². The summed E-state index contributed by atoms with van der Waals surface area (Å²) in [4.78, 5) is 30.5. The summed E-state index contributed by atoms with van der Waals surface area (Å²) in [5.41, 5.74) is 0. The molecule has 20 heavy (non-hydrogen) atoms. The minimum atomic E-state index is -0.120. The number of hydrogen-bond acceptors (Lipinski definition) is 3. The van der Waals surface area contributed by atoms with E-state index in [1.807, 2.05) is 11.8 Å². The van der Waals surface area contributed by atoms with Gasteiger partial charge in [-0.2, -0.15) is 0 Å². The van der Waals surface area contributed by atoms with Crippen molar-refractivity contribution < 1.29 is 9.59 Å². The summed E-state index contributed by atoms with van der Waals surface area (Å²) in [6.45, 7) is 5.07. The van der Waals surface area contributed by atoms with Crippen LogP contribution >= 0.6 is 0 Å². The van der Waals surface area contributed by atoms with Crippen LogP contribution in [-0.4, -0.2) is 72.8 Å². The van der Waals surface area contributed by atoms with Gasteiger partial charge in [-0.3, -0.25) is 9.59 Å². The zero-order valence-corrected chi connectivity index (χ0v) is 13.0. The molecule has 0 aromatic heterocycles. The summed E-state index contributed by atoms with van der Waals surface area (Å²) in [7, 11) is 4.10. The number of hydrogen-bond donors (Lipinski definition) is 0. The first kappa shape index (κ1) is 15.3. The zero-order valence-electron chi connectivity index (χ0n) is 13.0. The molecule has 0 aromatic rings. The molecule has 0 saturated carbocycles. The molecule has 5 nitrogen and oxygen atoms in total. The molecule has 0 aromatic carbocycles. The zero-order chi connectivity index (χ0) is 14.7. The molecule has 0 aliphatic carbocycles. The first-order valence-electron chi connectivity index (χ1n) is 7.76. The number of carbonyl (C=O) groups excluding carboxylic acids is 2. The molecule has 114 valence electrons. The minimum Gasteiger partial charge on any atom is -0.342 e. The fourth-order valence-corrected chi connectivity index (χ4v) is 3.38. The largest absolute Gasteiger partial charge is 0.342 e. The van der Waals surface area contributed by atoms with Crippen molar-refractivity contribution in [3.63, 3.8) is 0 Å². The molecule has 0 bridgehead atoms. The molecule has 5 heteroatoms. The average Bonchev–Trinajstić information content (AvgIpc) is 2.79. The molecular formula is C15H27N3O2. The van der Waals surface area contributed by atoms with Crippen molar-refractivity contribution in [3.05, 3.63) is 0 Å². The van der Waals surface area contributed by atoms with Crippen LogP contribution in [0, 0.1) is 5.92 Å². The second-order valence-corrected chi connectivity index (χ2v) is 6.28. The van der Waals surface area contributed by atoms with Gasteiger partial charge in [0, 0.05) is 38.6 Å². The molecule has 2 rings (SSSR count). The van der Waals surface area contributed by atoms with Crippen molar-refractivity contribution in [1.82, 2.24) is 14.7 Å². The molecule has 0 N–H and O–H groups in total. The quantitative estimate of drug-likeness (QED) is 0.765. The highest BCUT2D eigenvalue weighted by molar-refractivity contribution is 5.89. The van der Waals surface area contributed by atoms with E-state index in [0.717, 1.165) is 25.9 Å². The summed E-state index contributed by atoms with van der Waals surface area (Å²) < 4.78 is 0. The van der Waals surface area contributed by atoms with Crippen LogP contribution in [0.15, 0.2) is 0 Å². The van der Waals surface area contributed by atoms with Crippen LogP contribution in [0.3, 0.4) is 0 Å². The Kier molecular flexibility index (Phi) is 5.02. The molecule has 0 unspecified atom stereocenters. The molecule has 2 amide bonds. The Bertz CT molecular complexity index is 370. The van der Waals surface area contributed by atoms with E-state index >= 15 is 0 Å². The second kappa shape index (κ2) is 6.57. The van der Waals surface area contributed by atoms with Crippen molar-refractivity contribution in [3.8, 4) is 0 Å². The van der Waals surface area contributed by atoms with Gasteiger partial charge in [-0.1, -0.05) is 0 Å². The monoisotopic (exact) mass is 281 g/mol. The van der Waals surface area contributed by atoms with Gasteiger partial charge in [0.25, 0.3) is 0 Å². The highest BCUT2D eigenvalue weighted by Crippen LogP contribution is 2.25. The molecular weight excluding hydrogens is 254 g/mol. The van der Waals surface area contributed by atoms with Gasteiger partial charge in [-0.15, -0.1) is 0 Å². The normalized spacial score (nSPS) is 27.5. The maximum Gasteiger partial charge on any atom is 0.228 e. The topological polar surface area (TPSA) is 43.9 Å². The lowest BCUT2D eigenvalue weighted by Crippen LogP contribution is -2.50. The fraction of sp³-hybridized carbons (Fsp3) is 0.867. The van der Waals surface area contributed by atoms with Crippen LogP contribution in [-0.2, 0) is 9.59 Å². The van der Waals surface area contributed by atoms with Gasteiger partial charge in [0.1, 0.15) is 0 Å². The predicted octanol–water partition coefficient (Wildman–Crippen LogP) is 0.797. The Balaban J connectivity index is 2.01. The third-order valence-electron chi connectivity index (χ3n) is 4.43. The molecule has 0 radical (unpaired) electrons. The Labute approximate surface area is 121 Å². The molecule has 2 aliphatic heterocycles. The lowest BCUT2D eigenvalue weighted by molar-refractivity contribution is -0.139. The van der Waals surface area contributed by atoms with E-state index in [-0.39, 0.29) is 17.7 Å². The molecule has 2 atom stereocenters. The van der Waals surface area contributed by atoms with E-state index in [1.54, 1.807) is 4.90 Å². The Morgan fingerprint density at radius 2 is 2.10 bits per heavy atom. The highest BCUT2D eigenvalue weighted by atomic mass is 16.2. The van der Waals surface area contributed by atoms with Gasteiger partial charge in [0.15, 0.2) is 0 Å². The number of likely N-dealkylation sites (N-methyl/N-ethyl adjacent to an activating group) is 1. The number of rotatable bonds is 4. The summed E-state index contributed by atoms with van der Waals surface area (Å²) in [5, 5.41) is 0. The van der Waals surface area contributed by atoms with Gasteiger partial charge in [-0.05, 0) is 40.3 Å². The Morgan fingerprint density at radius 3 is 2.70 bits per heavy atom. The second-order valence-electron chi connectivity index (χ2n) is 6.28. The maximum absolute atomic E-state index is 12.7. The van der Waals surface area contributed by atoms with Gasteiger partial charge < -0.3 is 14.7 Å². The fourth-order valence-electron chi connectivity index (χ4n) is 3.38. The Morgan fingerprint density at radius 1 is 1.35 bits per heavy atom. The smallest absolute Gasteiger partial charge is 0.228 e. The lowest BCUT2D eigenvalue weighted by Gasteiger charge is -2.38. The van der Waals surface area contributed by atoms with E-state index in [1.165, 1.54) is 6.42 Å². The Hall–Kier alpha value is -1.10. The molecule has 2 saturated heterocycles. The van der Waals surface area contributed by atoms with Gasteiger partial charge in [-0.25, -0.2) is 0 Å². The summed E-state index contributed by atoms with van der Waals surface area (Å²) in [5.74, 6) is 0.207. The van der Waals surface area contributed by atoms with Crippen LogP contribution in [0.25, 0.3) is 0 Å². The summed E-state index contributed by atoms with van der Waals surface area (Å²) in [6, 6.07) is 0.317. The third-order valence-corrected chi connectivity index (χ3v) is 4.43. The number of nitrogens with zero attached hydrogens (tertiary/aromatic N) is 3. The van der Waals surface area contributed by atoms with Gasteiger partial charge >= 0.3 is 0 Å². The van der Waals surface area contributed by atoms with Crippen molar-refractivity contribution >= 4 is 11.8 Å². The van der Waals surface area contributed by atoms with Crippen LogP contribution < -0.4 is 0 Å². The molecule has 2 heterocycles. The minimum absolute atomic E-state index is 0.120. The van der Waals surface area contributed by atoms with Crippen molar-refractivity contribution in [2.45, 2.75) is 38.6 Å². The average molecular weight is 281 g/mol. The van der Waals surface area contributed by atoms with Crippen LogP contribution in [0.5, 0.6) is 0 Å². The van der Waals surface area contributed by atoms with Crippen LogP contribution in [0.4, 0.5) is 0 Å². The standard InChI is InChI=1S/C15H27N3O2/c1-4-17-10-12(9-14(17)19)15(20)18-8-6-5-7-13(18)11-16(2)3/h12-13H,4-11H2,1-3H3/t12-,13+/m0/s1. The molecule has 2 aliphatic rings. The summed E-state index contributed by atoms with van der Waals surface area (Å²) in [6.07, 6.45) is 3.78. The van der Waals surface area contributed by atoms with E-state index < -0.39 is 0 Å². The van der Waals surface area contributed by atoms with Gasteiger partial charge in [0.05, 0.1) is 5.92 Å². The number of likely N-dealkylation sites (tertiary alicyclic amines) is 2. The summed E-state index contributed by atoms with van der Waals surface area (Å²) >= 11 is 0. The van der Waals surface area contributed by atoms with Crippen LogP contribution in [0.1, 0.15) is 32.6 Å².